The third kappa shape index (κ3) is 4.51. The molecule has 1 amide bonds. The Bertz CT molecular complexity index is 870. The van der Waals surface area contributed by atoms with Gasteiger partial charge in [-0.2, -0.15) is 4.98 Å². The Morgan fingerprint density at radius 3 is 2.89 bits per heavy atom. The number of pyridine rings is 1. The topological polar surface area (TPSA) is 84.1 Å². The molecule has 3 aromatic heterocycles. The minimum absolute atomic E-state index is 0.0468. The molecule has 3 aromatic rings. The number of aromatic nitrogens is 3. The van der Waals surface area contributed by atoms with Crippen LogP contribution in [0.2, 0.25) is 0 Å². The molecule has 0 unspecified atom stereocenters. The Morgan fingerprint density at radius 2 is 2.15 bits per heavy atom. The zero-order chi connectivity index (χ0) is 18.5. The number of aryl methyl sites for hydroxylation is 1. The Hall–Kier alpha value is -2.74. The van der Waals surface area contributed by atoms with Crippen LogP contribution in [0.15, 0.2) is 40.4 Å². The van der Waals surface area contributed by atoms with E-state index in [1.165, 1.54) is 12.8 Å². The molecule has 1 saturated heterocycles. The highest BCUT2D eigenvalue weighted by atomic mass is 32.1. The van der Waals surface area contributed by atoms with Gasteiger partial charge in [0.1, 0.15) is 5.82 Å². The fourth-order valence-electron chi connectivity index (χ4n) is 3.03. The number of carbonyl (C=O) groups excluding carboxylic acids is 1. The number of nitrogens with zero attached hydrogens (tertiary/aromatic N) is 4. The van der Waals surface area contributed by atoms with Gasteiger partial charge in [0.05, 0.1) is 4.88 Å². The third-order valence-electron chi connectivity index (χ3n) is 4.50. The van der Waals surface area contributed by atoms with Gasteiger partial charge < -0.3 is 14.7 Å². The first-order chi connectivity index (χ1) is 13.3. The molecule has 4 rings (SSSR count). The van der Waals surface area contributed by atoms with Crippen LogP contribution in [-0.2, 0) is 17.8 Å². The highest BCUT2D eigenvalue weighted by Crippen LogP contribution is 2.21. The summed E-state index contributed by atoms with van der Waals surface area (Å²) in [5, 5.41) is 8.83. The lowest BCUT2D eigenvalue weighted by atomic mass is 10.2. The van der Waals surface area contributed by atoms with E-state index in [0.29, 0.717) is 31.1 Å². The van der Waals surface area contributed by atoms with Gasteiger partial charge in [0.2, 0.25) is 17.6 Å². The molecule has 0 atom stereocenters. The van der Waals surface area contributed by atoms with Crippen LogP contribution in [0.25, 0.3) is 10.7 Å². The number of rotatable bonds is 7. The van der Waals surface area contributed by atoms with Crippen LogP contribution in [0.3, 0.4) is 0 Å². The van der Waals surface area contributed by atoms with Gasteiger partial charge in [-0.1, -0.05) is 17.3 Å². The van der Waals surface area contributed by atoms with Crippen LogP contribution >= 0.6 is 11.3 Å². The highest BCUT2D eigenvalue weighted by Gasteiger charge is 2.13. The van der Waals surface area contributed by atoms with Gasteiger partial charge in [0, 0.05) is 38.7 Å². The van der Waals surface area contributed by atoms with Crippen molar-refractivity contribution in [2.45, 2.75) is 32.2 Å². The van der Waals surface area contributed by atoms with Gasteiger partial charge >= 0.3 is 0 Å². The second kappa shape index (κ2) is 8.30. The van der Waals surface area contributed by atoms with Crippen molar-refractivity contribution in [3.8, 4) is 10.7 Å². The number of thiophene rings is 1. The van der Waals surface area contributed by atoms with Crippen molar-refractivity contribution in [2.24, 2.45) is 0 Å². The van der Waals surface area contributed by atoms with E-state index >= 15 is 0 Å². The fraction of sp³-hybridized carbons (Fsp3) is 0.368. The molecule has 0 saturated carbocycles. The maximum absolute atomic E-state index is 12.1. The van der Waals surface area contributed by atoms with Crippen molar-refractivity contribution in [1.82, 2.24) is 20.4 Å². The molecule has 0 aliphatic carbocycles. The summed E-state index contributed by atoms with van der Waals surface area (Å²) in [5.41, 5.74) is 0.990. The van der Waals surface area contributed by atoms with E-state index in [2.05, 4.69) is 25.3 Å². The fourth-order valence-corrected chi connectivity index (χ4v) is 3.68. The van der Waals surface area contributed by atoms with Crippen LogP contribution in [-0.4, -0.2) is 34.1 Å². The van der Waals surface area contributed by atoms with E-state index in [1.54, 1.807) is 11.3 Å². The van der Waals surface area contributed by atoms with Crippen LogP contribution in [0.5, 0.6) is 0 Å². The maximum atomic E-state index is 12.1. The standard InChI is InChI=1S/C19H21N5O2S/c25-17(7-8-18-22-19(23-26-18)15-4-3-11-27-15)21-13-14-5-6-16(20-12-14)24-9-1-2-10-24/h3-6,11-12H,1-2,7-10,13H2,(H,21,25). The summed E-state index contributed by atoms with van der Waals surface area (Å²) in [6, 6.07) is 7.93. The molecular formula is C19H21N5O2S. The van der Waals surface area contributed by atoms with E-state index in [-0.39, 0.29) is 5.91 Å². The Labute approximate surface area is 161 Å². The second-order valence-corrected chi connectivity index (χ2v) is 7.43. The van der Waals surface area contributed by atoms with E-state index in [9.17, 15) is 4.79 Å². The first-order valence-corrected chi connectivity index (χ1v) is 9.99. The molecule has 7 nitrogen and oxygen atoms in total. The van der Waals surface area contributed by atoms with E-state index in [0.717, 1.165) is 29.3 Å². The Kier molecular flexibility index (Phi) is 5.43. The summed E-state index contributed by atoms with van der Waals surface area (Å²) in [6.07, 6.45) is 5.03. The normalized spacial score (nSPS) is 13.9. The van der Waals surface area contributed by atoms with E-state index in [1.807, 2.05) is 35.8 Å². The number of hydrogen-bond acceptors (Lipinski definition) is 7. The van der Waals surface area contributed by atoms with Crippen molar-refractivity contribution < 1.29 is 9.32 Å². The van der Waals surface area contributed by atoms with Gasteiger partial charge in [0.15, 0.2) is 0 Å². The predicted molar refractivity (Wildman–Crippen MR) is 103 cm³/mol. The highest BCUT2D eigenvalue weighted by molar-refractivity contribution is 7.13. The number of amides is 1. The molecule has 0 bridgehead atoms. The molecule has 0 radical (unpaired) electrons. The number of hydrogen-bond donors (Lipinski definition) is 1. The molecule has 1 aliphatic heterocycles. The predicted octanol–water partition coefficient (Wildman–Crippen LogP) is 3.04. The van der Waals surface area contributed by atoms with Gasteiger partial charge in [-0.15, -0.1) is 11.3 Å². The van der Waals surface area contributed by atoms with Crippen LogP contribution < -0.4 is 10.2 Å². The molecular weight excluding hydrogens is 362 g/mol. The summed E-state index contributed by atoms with van der Waals surface area (Å²) in [6.45, 7) is 2.62. The first-order valence-electron chi connectivity index (χ1n) is 9.11. The average molecular weight is 383 g/mol. The molecule has 140 valence electrons. The van der Waals surface area contributed by atoms with Gasteiger partial charge in [0.25, 0.3) is 0 Å². The number of nitrogens with one attached hydrogen (secondary N) is 1. The quantitative estimate of drug-likeness (QED) is 0.675. The molecule has 0 spiro atoms. The molecule has 4 heterocycles. The van der Waals surface area contributed by atoms with Gasteiger partial charge in [-0.3, -0.25) is 4.79 Å². The average Bonchev–Trinajstić information content (AvgIpc) is 3.47. The van der Waals surface area contributed by atoms with E-state index in [4.69, 9.17) is 4.52 Å². The van der Waals surface area contributed by atoms with Crippen molar-refractivity contribution in [2.75, 3.05) is 18.0 Å². The van der Waals surface area contributed by atoms with Gasteiger partial charge in [-0.25, -0.2) is 4.98 Å². The Morgan fingerprint density at radius 1 is 1.26 bits per heavy atom. The maximum Gasteiger partial charge on any atom is 0.227 e. The SMILES string of the molecule is O=C(CCc1nc(-c2cccs2)no1)NCc1ccc(N2CCCC2)nc1. The Balaban J connectivity index is 1.23. The number of anilines is 1. The smallest absolute Gasteiger partial charge is 0.227 e. The molecule has 8 heteroatoms. The van der Waals surface area contributed by atoms with Crippen LogP contribution in [0.4, 0.5) is 5.82 Å². The molecule has 27 heavy (non-hydrogen) atoms. The van der Waals surface area contributed by atoms with Gasteiger partial charge in [-0.05, 0) is 35.9 Å². The summed E-state index contributed by atoms with van der Waals surface area (Å²) >= 11 is 1.56. The lowest BCUT2D eigenvalue weighted by Crippen LogP contribution is -2.23. The van der Waals surface area contributed by atoms with Crippen molar-refractivity contribution in [3.63, 3.8) is 0 Å². The van der Waals surface area contributed by atoms with Crippen LogP contribution in [0, 0.1) is 0 Å². The van der Waals surface area contributed by atoms with Crippen molar-refractivity contribution in [3.05, 3.63) is 47.3 Å². The molecule has 1 N–H and O–H groups in total. The largest absolute Gasteiger partial charge is 0.357 e. The van der Waals surface area contributed by atoms with Crippen LogP contribution in [0.1, 0.15) is 30.7 Å². The molecule has 0 aromatic carbocycles. The summed E-state index contributed by atoms with van der Waals surface area (Å²) in [5.74, 6) is 2.02. The lowest BCUT2D eigenvalue weighted by Gasteiger charge is -2.16. The van der Waals surface area contributed by atoms with Crippen molar-refractivity contribution in [1.29, 1.82) is 0 Å². The minimum Gasteiger partial charge on any atom is -0.357 e. The summed E-state index contributed by atoms with van der Waals surface area (Å²) < 4.78 is 5.21. The lowest BCUT2D eigenvalue weighted by molar-refractivity contribution is -0.121. The number of carbonyl (C=O) groups is 1. The molecule has 1 fully saturated rings. The third-order valence-corrected chi connectivity index (χ3v) is 5.37. The minimum atomic E-state index is -0.0468. The second-order valence-electron chi connectivity index (χ2n) is 6.48. The van der Waals surface area contributed by atoms with Crippen molar-refractivity contribution >= 4 is 23.1 Å². The summed E-state index contributed by atoms with van der Waals surface area (Å²) in [4.78, 5) is 24.2. The van der Waals surface area contributed by atoms with E-state index < -0.39 is 0 Å². The monoisotopic (exact) mass is 383 g/mol. The summed E-state index contributed by atoms with van der Waals surface area (Å²) in [7, 11) is 0. The zero-order valence-electron chi connectivity index (χ0n) is 14.9. The zero-order valence-corrected chi connectivity index (χ0v) is 15.7. The molecule has 1 aliphatic rings. The first kappa shape index (κ1) is 17.7.